The molecule has 0 aliphatic carbocycles. The van der Waals surface area contributed by atoms with Gasteiger partial charge < -0.3 is 5.73 Å². The van der Waals surface area contributed by atoms with E-state index in [4.69, 9.17) is 5.73 Å². The summed E-state index contributed by atoms with van der Waals surface area (Å²) in [6.07, 6.45) is 8.55. The monoisotopic (exact) mass is 336 g/mol. The average molecular weight is 337 g/mol. The Morgan fingerprint density at radius 1 is 1.30 bits per heavy atom. The van der Waals surface area contributed by atoms with Crippen molar-refractivity contribution in [2.24, 2.45) is 5.73 Å². The number of hydrogen-bond donors (Lipinski definition) is 1. The van der Waals surface area contributed by atoms with Gasteiger partial charge in [0, 0.05) is 35.5 Å². The number of nitrogens with two attached hydrogens (primary N) is 1. The van der Waals surface area contributed by atoms with E-state index in [9.17, 15) is 0 Å². The molecule has 2 rings (SSSR count). The van der Waals surface area contributed by atoms with E-state index in [1.54, 1.807) is 6.20 Å². The molecule has 2 aromatic rings. The Hall–Kier alpha value is -1.20. The third-order valence-corrected chi connectivity index (χ3v) is 4.00. The van der Waals surface area contributed by atoms with E-state index in [0.29, 0.717) is 6.04 Å². The summed E-state index contributed by atoms with van der Waals surface area (Å²) in [6.45, 7) is 4.38. The van der Waals surface area contributed by atoms with Crippen LogP contribution >= 0.6 is 15.9 Å². The van der Waals surface area contributed by atoms with Crippen LogP contribution in [0.25, 0.3) is 0 Å². The van der Waals surface area contributed by atoms with Crippen molar-refractivity contribution in [3.8, 4) is 0 Å². The molecule has 0 saturated heterocycles. The van der Waals surface area contributed by atoms with E-state index < -0.39 is 0 Å². The lowest BCUT2D eigenvalue weighted by atomic mass is 10.1. The summed E-state index contributed by atoms with van der Waals surface area (Å²) in [5, 5.41) is 4.64. The van der Waals surface area contributed by atoms with E-state index in [1.165, 1.54) is 0 Å². The third-order valence-electron chi connectivity index (χ3n) is 3.56. The van der Waals surface area contributed by atoms with Gasteiger partial charge in [-0.15, -0.1) is 0 Å². The van der Waals surface area contributed by atoms with Gasteiger partial charge in [-0.25, -0.2) is 0 Å². The maximum absolute atomic E-state index is 6.24. The van der Waals surface area contributed by atoms with Crippen molar-refractivity contribution in [1.29, 1.82) is 0 Å². The average Bonchev–Trinajstić information content (AvgIpc) is 2.88. The summed E-state index contributed by atoms with van der Waals surface area (Å²) >= 11 is 3.42. The molecule has 0 spiro atoms. The molecule has 0 aliphatic heterocycles. The molecule has 0 radical (unpaired) electrons. The van der Waals surface area contributed by atoms with Gasteiger partial charge in [-0.1, -0.05) is 13.8 Å². The molecule has 4 nitrogen and oxygen atoms in total. The smallest absolute Gasteiger partial charge is 0.0643 e. The summed E-state index contributed by atoms with van der Waals surface area (Å²) in [5.41, 5.74) is 8.29. The van der Waals surface area contributed by atoms with Crippen LogP contribution in [0.3, 0.4) is 0 Å². The Kier molecular flexibility index (Phi) is 5.31. The van der Waals surface area contributed by atoms with Gasteiger partial charge >= 0.3 is 0 Å². The van der Waals surface area contributed by atoms with Crippen LogP contribution in [0.1, 0.15) is 50.0 Å². The molecule has 0 fully saturated rings. The van der Waals surface area contributed by atoms with E-state index in [2.05, 4.69) is 56.8 Å². The van der Waals surface area contributed by atoms with Crippen molar-refractivity contribution in [2.45, 2.75) is 45.2 Å². The maximum Gasteiger partial charge on any atom is 0.0643 e. The lowest BCUT2D eigenvalue weighted by Crippen LogP contribution is -2.15. The fourth-order valence-corrected chi connectivity index (χ4v) is 2.71. The van der Waals surface area contributed by atoms with Crippen LogP contribution in [0.5, 0.6) is 0 Å². The van der Waals surface area contributed by atoms with Crippen molar-refractivity contribution >= 4 is 15.9 Å². The highest BCUT2D eigenvalue weighted by Gasteiger charge is 2.12. The molecule has 0 saturated carbocycles. The van der Waals surface area contributed by atoms with Crippen LogP contribution in [0, 0.1) is 0 Å². The zero-order valence-electron chi connectivity index (χ0n) is 12.0. The first-order valence-electron chi connectivity index (χ1n) is 7.04. The lowest BCUT2D eigenvalue weighted by Gasteiger charge is -2.13. The SMILES string of the molecule is CCC(CC)n1ccc(CC(N)c2cncc(Br)c2)n1. The van der Waals surface area contributed by atoms with Gasteiger partial charge in [-0.05, 0) is 46.5 Å². The van der Waals surface area contributed by atoms with Gasteiger partial charge in [0.15, 0.2) is 0 Å². The number of pyridine rings is 1. The van der Waals surface area contributed by atoms with Gasteiger partial charge in [0.2, 0.25) is 0 Å². The Balaban J connectivity index is 2.06. The second-order valence-electron chi connectivity index (χ2n) is 5.00. The van der Waals surface area contributed by atoms with Crippen LogP contribution in [-0.4, -0.2) is 14.8 Å². The third kappa shape index (κ3) is 3.67. The summed E-state index contributed by atoms with van der Waals surface area (Å²) < 4.78 is 3.01. The topological polar surface area (TPSA) is 56.7 Å². The van der Waals surface area contributed by atoms with Crippen LogP contribution in [-0.2, 0) is 6.42 Å². The maximum atomic E-state index is 6.24. The van der Waals surface area contributed by atoms with Crippen molar-refractivity contribution in [2.75, 3.05) is 0 Å². The first kappa shape index (κ1) is 15.2. The number of rotatable bonds is 6. The predicted molar refractivity (Wildman–Crippen MR) is 84.4 cm³/mol. The molecule has 0 aliphatic rings. The van der Waals surface area contributed by atoms with Gasteiger partial charge in [-0.2, -0.15) is 5.10 Å². The van der Waals surface area contributed by atoms with Crippen LogP contribution in [0.15, 0.2) is 35.2 Å². The fourth-order valence-electron chi connectivity index (χ4n) is 2.33. The standard InChI is InChI=1S/C15H21BrN4/c1-3-14(4-2)20-6-5-13(19-20)8-15(17)11-7-12(16)10-18-9-11/h5-7,9-10,14-15H,3-4,8,17H2,1-2H3. The molecule has 2 heterocycles. The fraction of sp³-hybridized carbons (Fsp3) is 0.467. The Labute approximate surface area is 128 Å². The molecule has 108 valence electrons. The second-order valence-corrected chi connectivity index (χ2v) is 5.92. The van der Waals surface area contributed by atoms with E-state index in [-0.39, 0.29) is 6.04 Å². The Morgan fingerprint density at radius 3 is 2.70 bits per heavy atom. The van der Waals surface area contributed by atoms with E-state index in [0.717, 1.165) is 35.0 Å². The first-order chi connectivity index (χ1) is 9.63. The zero-order chi connectivity index (χ0) is 14.5. The zero-order valence-corrected chi connectivity index (χ0v) is 13.5. The largest absolute Gasteiger partial charge is 0.324 e. The summed E-state index contributed by atoms with van der Waals surface area (Å²) in [6, 6.07) is 4.47. The van der Waals surface area contributed by atoms with Gasteiger partial charge in [0.05, 0.1) is 11.7 Å². The molecule has 0 aromatic carbocycles. The highest BCUT2D eigenvalue weighted by Crippen LogP contribution is 2.19. The summed E-state index contributed by atoms with van der Waals surface area (Å²) in [5.74, 6) is 0. The Bertz CT molecular complexity index is 548. The highest BCUT2D eigenvalue weighted by atomic mass is 79.9. The molecule has 20 heavy (non-hydrogen) atoms. The minimum atomic E-state index is -0.0787. The normalized spacial score (nSPS) is 12.8. The minimum absolute atomic E-state index is 0.0787. The van der Waals surface area contributed by atoms with Crippen LogP contribution in [0.4, 0.5) is 0 Å². The first-order valence-corrected chi connectivity index (χ1v) is 7.83. The van der Waals surface area contributed by atoms with Gasteiger partial charge in [0.1, 0.15) is 0 Å². The number of nitrogens with zero attached hydrogens (tertiary/aromatic N) is 3. The summed E-state index contributed by atoms with van der Waals surface area (Å²) in [4.78, 5) is 4.15. The second kappa shape index (κ2) is 6.99. The molecule has 0 bridgehead atoms. The molecule has 2 aromatic heterocycles. The van der Waals surface area contributed by atoms with Crippen molar-refractivity contribution < 1.29 is 0 Å². The summed E-state index contributed by atoms with van der Waals surface area (Å²) in [7, 11) is 0. The van der Waals surface area contributed by atoms with Crippen molar-refractivity contribution in [3.63, 3.8) is 0 Å². The van der Waals surface area contributed by atoms with Crippen LogP contribution in [0.2, 0.25) is 0 Å². The quantitative estimate of drug-likeness (QED) is 0.875. The van der Waals surface area contributed by atoms with E-state index >= 15 is 0 Å². The molecule has 0 amide bonds. The number of hydrogen-bond acceptors (Lipinski definition) is 3. The highest BCUT2D eigenvalue weighted by molar-refractivity contribution is 9.10. The number of halogens is 1. The predicted octanol–water partition coefficient (Wildman–Crippen LogP) is 3.64. The van der Waals surface area contributed by atoms with Gasteiger partial charge in [-0.3, -0.25) is 9.67 Å². The molecular formula is C15H21BrN4. The Morgan fingerprint density at radius 2 is 2.05 bits per heavy atom. The lowest BCUT2D eigenvalue weighted by molar-refractivity contribution is 0.424. The van der Waals surface area contributed by atoms with Crippen molar-refractivity contribution in [3.05, 3.63) is 46.5 Å². The van der Waals surface area contributed by atoms with E-state index in [1.807, 2.05) is 12.3 Å². The van der Waals surface area contributed by atoms with Crippen LogP contribution < -0.4 is 5.73 Å². The molecular weight excluding hydrogens is 316 g/mol. The number of aromatic nitrogens is 3. The van der Waals surface area contributed by atoms with Gasteiger partial charge in [0.25, 0.3) is 0 Å². The molecule has 1 atom stereocenters. The molecule has 5 heteroatoms. The minimum Gasteiger partial charge on any atom is -0.324 e. The molecule has 2 N–H and O–H groups in total. The van der Waals surface area contributed by atoms with Crippen molar-refractivity contribution in [1.82, 2.24) is 14.8 Å². The molecule has 1 unspecified atom stereocenters.